The first kappa shape index (κ1) is 13.0. The van der Waals surface area contributed by atoms with Gasteiger partial charge in [0.2, 0.25) is 0 Å². The molecule has 0 aliphatic carbocycles. The molecule has 0 aliphatic rings. The molecule has 0 unspecified atom stereocenters. The molecule has 0 atom stereocenters. The highest BCUT2D eigenvalue weighted by Gasteiger charge is 1.96. The van der Waals surface area contributed by atoms with E-state index in [2.05, 4.69) is 13.0 Å². The Bertz CT molecular complexity index is 289. The third kappa shape index (κ3) is 5.14. The van der Waals surface area contributed by atoms with Crippen LogP contribution in [0.5, 0.6) is 5.75 Å². The van der Waals surface area contributed by atoms with Crippen molar-refractivity contribution in [2.45, 2.75) is 19.8 Å². The molecule has 0 radical (unpaired) electrons. The van der Waals surface area contributed by atoms with Crippen LogP contribution >= 0.6 is 0 Å². The average Bonchev–Trinajstić information content (AvgIpc) is 2.30. The van der Waals surface area contributed by atoms with Gasteiger partial charge in [0.15, 0.2) is 0 Å². The second-order valence-corrected chi connectivity index (χ2v) is 3.65. The highest BCUT2D eigenvalue weighted by Crippen LogP contribution is 2.13. The summed E-state index contributed by atoms with van der Waals surface area (Å²) in [6.45, 7) is 4.82. The molecule has 0 aromatic heterocycles. The maximum absolute atomic E-state index is 5.57. The molecule has 0 saturated carbocycles. The molecule has 0 spiro atoms. The van der Waals surface area contributed by atoms with Crippen LogP contribution in [0.2, 0.25) is 0 Å². The van der Waals surface area contributed by atoms with Gasteiger partial charge in [-0.1, -0.05) is 19.1 Å². The monoisotopic (exact) mass is 223 g/mol. The predicted molar refractivity (Wildman–Crippen MR) is 65.8 cm³/mol. The zero-order valence-corrected chi connectivity index (χ0v) is 9.95. The van der Waals surface area contributed by atoms with Gasteiger partial charge in [-0.25, -0.2) is 0 Å². The van der Waals surface area contributed by atoms with E-state index in [0.717, 1.165) is 25.2 Å². The fraction of sp³-hybridized carbons (Fsp3) is 0.538. The molecule has 1 aromatic rings. The van der Waals surface area contributed by atoms with E-state index in [1.165, 1.54) is 5.56 Å². The quantitative estimate of drug-likeness (QED) is 0.685. The largest absolute Gasteiger partial charge is 0.491 e. The number of rotatable bonds is 8. The van der Waals surface area contributed by atoms with Crippen molar-refractivity contribution in [2.24, 2.45) is 5.73 Å². The van der Waals surface area contributed by atoms with Crippen molar-refractivity contribution in [1.29, 1.82) is 0 Å². The molecule has 2 N–H and O–H groups in total. The van der Waals surface area contributed by atoms with Crippen LogP contribution in [-0.4, -0.2) is 26.4 Å². The van der Waals surface area contributed by atoms with Crippen molar-refractivity contribution >= 4 is 0 Å². The summed E-state index contributed by atoms with van der Waals surface area (Å²) in [6, 6.07) is 8.05. The lowest BCUT2D eigenvalue weighted by atomic mass is 10.1. The van der Waals surface area contributed by atoms with Crippen molar-refractivity contribution < 1.29 is 9.47 Å². The van der Waals surface area contributed by atoms with Gasteiger partial charge in [-0.3, -0.25) is 0 Å². The molecule has 0 saturated heterocycles. The van der Waals surface area contributed by atoms with E-state index in [-0.39, 0.29) is 0 Å². The maximum Gasteiger partial charge on any atom is 0.119 e. The highest BCUT2D eigenvalue weighted by molar-refractivity contribution is 5.28. The molecule has 16 heavy (non-hydrogen) atoms. The van der Waals surface area contributed by atoms with Crippen molar-refractivity contribution in [3.63, 3.8) is 0 Å². The molecule has 90 valence electrons. The lowest BCUT2D eigenvalue weighted by Gasteiger charge is -2.08. The van der Waals surface area contributed by atoms with Crippen LogP contribution in [0.4, 0.5) is 0 Å². The van der Waals surface area contributed by atoms with E-state index in [4.69, 9.17) is 15.2 Å². The number of benzene rings is 1. The SMILES string of the molecule is CCCOCCOc1cccc(CCN)c1. The fourth-order valence-electron chi connectivity index (χ4n) is 1.42. The third-order valence-corrected chi connectivity index (χ3v) is 2.18. The van der Waals surface area contributed by atoms with Gasteiger partial charge in [-0.2, -0.15) is 0 Å². The minimum absolute atomic E-state index is 0.603. The fourth-order valence-corrected chi connectivity index (χ4v) is 1.42. The summed E-state index contributed by atoms with van der Waals surface area (Å²) in [6.07, 6.45) is 1.94. The summed E-state index contributed by atoms with van der Waals surface area (Å²) in [5.41, 5.74) is 6.72. The Morgan fingerprint density at radius 2 is 2.06 bits per heavy atom. The van der Waals surface area contributed by atoms with E-state index in [9.17, 15) is 0 Å². The molecule has 3 nitrogen and oxygen atoms in total. The lowest BCUT2D eigenvalue weighted by molar-refractivity contribution is 0.101. The molecule has 0 bridgehead atoms. The Hall–Kier alpha value is -1.06. The van der Waals surface area contributed by atoms with Crippen LogP contribution < -0.4 is 10.5 Å². The Kier molecular flexibility index (Phi) is 6.61. The standard InChI is InChI=1S/C13H21NO2/c1-2-8-15-9-10-16-13-5-3-4-12(11-13)6-7-14/h3-5,11H,2,6-10,14H2,1H3. The maximum atomic E-state index is 5.57. The highest BCUT2D eigenvalue weighted by atomic mass is 16.5. The topological polar surface area (TPSA) is 44.5 Å². The van der Waals surface area contributed by atoms with Crippen LogP contribution in [0, 0.1) is 0 Å². The summed E-state index contributed by atoms with van der Waals surface area (Å²) < 4.78 is 10.9. The van der Waals surface area contributed by atoms with Gasteiger partial charge in [0, 0.05) is 6.61 Å². The smallest absolute Gasteiger partial charge is 0.119 e. The van der Waals surface area contributed by atoms with Gasteiger partial charge in [0.1, 0.15) is 12.4 Å². The van der Waals surface area contributed by atoms with Crippen LogP contribution in [0.25, 0.3) is 0 Å². The zero-order valence-electron chi connectivity index (χ0n) is 9.95. The number of nitrogens with two attached hydrogens (primary N) is 1. The number of hydrogen-bond acceptors (Lipinski definition) is 3. The molecule has 1 aromatic carbocycles. The van der Waals surface area contributed by atoms with Crippen molar-refractivity contribution in [3.8, 4) is 5.75 Å². The molecule has 0 amide bonds. The van der Waals surface area contributed by atoms with Crippen LogP contribution in [0.3, 0.4) is 0 Å². The van der Waals surface area contributed by atoms with Gasteiger partial charge < -0.3 is 15.2 Å². The second kappa shape index (κ2) is 8.13. The summed E-state index contributed by atoms with van der Waals surface area (Å²) >= 11 is 0. The average molecular weight is 223 g/mol. The molecular weight excluding hydrogens is 202 g/mol. The van der Waals surface area contributed by atoms with E-state index < -0.39 is 0 Å². The molecule has 3 heteroatoms. The third-order valence-electron chi connectivity index (χ3n) is 2.18. The molecule has 0 aliphatic heterocycles. The number of hydrogen-bond donors (Lipinski definition) is 1. The molecule has 0 fully saturated rings. The van der Waals surface area contributed by atoms with Crippen LogP contribution in [0.1, 0.15) is 18.9 Å². The summed E-state index contributed by atoms with van der Waals surface area (Å²) in [4.78, 5) is 0. The van der Waals surface area contributed by atoms with Gasteiger partial charge in [-0.05, 0) is 37.1 Å². The Labute approximate surface area is 97.6 Å². The minimum Gasteiger partial charge on any atom is -0.491 e. The van der Waals surface area contributed by atoms with Crippen LogP contribution in [0.15, 0.2) is 24.3 Å². The van der Waals surface area contributed by atoms with E-state index in [1.54, 1.807) is 0 Å². The molecular formula is C13H21NO2. The van der Waals surface area contributed by atoms with E-state index >= 15 is 0 Å². The normalized spacial score (nSPS) is 10.4. The Morgan fingerprint density at radius 1 is 1.19 bits per heavy atom. The minimum atomic E-state index is 0.603. The van der Waals surface area contributed by atoms with E-state index in [0.29, 0.717) is 19.8 Å². The van der Waals surface area contributed by atoms with Crippen molar-refractivity contribution in [3.05, 3.63) is 29.8 Å². The first-order valence-corrected chi connectivity index (χ1v) is 5.86. The Morgan fingerprint density at radius 3 is 2.81 bits per heavy atom. The first-order chi connectivity index (χ1) is 7.86. The van der Waals surface area contributed by atoms with Gasteiger partial charge >= 0.3 is 0 Å². The summed E-state index contributed by atoms with van der Waals surface area (Å²) in [7, 11) is 0. The number of ether oxygens (including phenoxy) is 2. The van der Waals surface area contributed by atoms with Crippen molar-refractivity contribution in [1.82, 2.24) is 0 Å². The first-order valence-electron chi connectivity index (χ1n) is 5.86. The summed E-state index contributed by atoms with van der Waals surface area (Å²) in [5, 5.41) is 0. The van der Waals surface area contributed by atoms with E-state index in [1.807, 2.05) is 18.2 Å². The predicted octanol–water partition coefficient (Wildman–Crippen LogP) is 1.99. The van der Waals surface area contributed by atoms with Gasteiger partial charge in [0.25, 0.3) is 0 Å². The van der Waals surface area contributed by atoms with Gasteiger partial charge in [0.05, 0.1) is 6.61 Å². The summed E-state index contributed by atoms with van der Waals surface area (Å²) in [5.74, 6) is 0.894. The molecule has 0 heterocycles. The second-order valence-electron chi connectivity index (χ2n) is 3.65. The molecule has 1 rings (SSSR count). The van der Waals surface area contributed by atoms with Gasteiger partial charge in [-0.15, -0.1) is 0 Å². The van der Waals surface area contributed by atoms with Crippen molar-refractivity contribution in [2.75, 3.05) is 26.4 Å². The van der Waals surface area contributed by atoms with Crippen LogP contribution in [-0.2, 0) is 11.2 Å². The zero-order chi connectivity index (χ0) is 11.6. The Balaban J connectivity index is 2.27. The lowest BCUT2D eigenvalue weighted by Crippen LogP contribution is -2.07.